The molecule has 2 aromatic heterocycles. The highest BCUT2D eigenvalue weighted by atomic mass is 16.5. The first-order valence-electron chi connectivity index (χ1n) is 8.22. The summed E-state index contributed by atoms with van der Waals surface area (Å²) in [6, 6.07) is 15.1. The zero-order valence-electron chi connectivity index (χ0n) is 13.9. The molecule has 130 valence electrons. The zero-order chi connectivity index (χ0) is 17.8. The Morgan fingerprint density at radius 1 is 1.04 bits per heavy atom. The van der Waals surface area contributed by atoms with E-state index in [1.165, 1.54) is 6.33 Å². The molecule has 0 aliphatic rings. The molecular formula is C19H17N5O2. The fraction of sp³-hybridized carbons (Fsp3) is 0.105. The number of hydrogen-bond donors (Lipinski definition) is 3. The number of ether oxygens (including phenoxy) is 1. The number of benzene rings is 2. The van der Waals surface area contributed by atoms with E-state index in [2.05, 4.69) is 25.3 Å². The molecule has 2 heterocycles. The summed E-state index contributed by atoms with van der Waals surface area (Å²) in [5.41, 5.74) is 2.16. The third kappa shape index (κ3) is 3.72. The summed E-state index contributed by atoms with van der Waals surface area (Å²) in [5.74, 6) is 1.38. The van der Waals surface area contributed by atoms with Crippen LogP contribution in [0.1, 0.15) is 5.56 Å². The van der Waals surface area contributed by atoms with Gasteiger partial charge in [0.1, 0.15) is 17.8 Å². The van der Waals surface area contributed by atoms with E-state index in [-0.39, 0.29) is 11.8 Å². The molecular weight excluding hydrogens is 330 g/mol. The largest absolute Gasteiger partial charge is 0.508 e. The second-order valence-corrected chi connectivity index (χ2v) is 5.76. The van der Waals surface area contributed by atoms with Crippen molar-refractivity contribution >= 4 is 16.9 Å². The van der Waals surface area contributed by atoms with Gasteiger partial charge in [-0.05, 0) is 48.4 Å². The van der Waals surface area contributed by atoms with Crippen molar-refractivity contribution in [3.05, 3.63) is 66.6 Å². The second kappa shape index (κ2) is 7.10. The molecule has 2 aromatic carbocycles. The van der Waals surface area contributed by atoms with E-state index in [4.69, 9.17) is 4.74 Å². The van der Waals surface area contributed by atoms with Crippen LogP contribution in [-0.2, 0) is 6.42 Å². The van der Waals surface area contributed by atoms with Crippen molar-refractivity contribution in [1.82, 2.24) is 19.9 Å². The van der Waals surface area contributed by atoms with Gasteiger partial charge in [0.05, 0.1) is 0 Å². The number of hydrogen-bond acceptors (Lipinski definition) is 6. The van der Waals surface area contributed by atoms with Gasteiger partial charge in [0.25, 0.3) is 0 Å². The van der Waals surface area contributed by atoms with E-state index in [0.717, 1.165) is 22.9 Å². The summed E-state index contributed by atoms with van der Waals surface area (Å²) in [7, 11) is 0. The van der Waals surface area contributed by atoms with Gasteiger partial charge in [0, 0.05) is 23.6 Å². The van der Waals surface area contributed by atoms with Crippen LogP contribution in [0.3, 0.4) is 0 Å². The molecule has 0 fully saturated rings. The Morgan fingerprint density at radius 3 is 2.81 bits per heavy atom. The molecule has 0 aliphatic heterocycles. The molecule has 3 N–H and O–H groups in total. The average Bonchev–Trinajstić information content (AvgIpc) is 3.12. The highest BCUT2D eigenvalue weighted by molar-refractivity contribution is 5.80. The molecule has 4 aromatic rings. The minimum atomic E-state index is 0.238. The number of nitrogens with one attached hydrogen (secondary N) is 2. The van der Waals surface area contributed by atoms with Crippen LogP contribution in [0.25, 0.3) is 10.9 Å². The molecule has 0 radical (unpaired) electrons. The molecule has 0 unspecified atom stereocenters. The number of H-pyrrole nitrogens is 1. The first-order valence-corrected chi connectivity index (χ1v) is 8.22. The van der Waals surface area contributed by atoms with Gasteiger partial charge in [-0.15, -0.1) is 0 Å². The quantitative estimate of drug-likeness (QED) is 0.494. The Hall–Kier alpha value is -3.61. The molecule has 0 aliphatic carbocycles. The molecule has 0 spiro atoms. The first kappa shape index (κ1) is 15.9. The van der Waals surface area contributed by atoms with Crippen LogP contribution in [0.5, 0.6) is 17.5 Å². The molecule has 7 heteroatoms. The van der Waals surface area contributed by atoms with Crippen molar-refractivity contribution < 1.29 is 9.84 Å². The van der Waals surface area contributed by atoms with Crippen LogP contribution in [0, 0.1) is 0 Å². The molecule has 0 saturated carbocycles. The lowest BCUT2D eigenvalue weighted by atomic mass is 10.1. The Morgan fingerprint density at radius 2 is 1.92 bits per heavy atom. The van der Waals surface area contributed by atoms with Crippen molar-refractivity contribution in [3.63, 3.8) is 0 Å². The molecule has 0 atom stereocenters. The van der Waals surface area contributed by atoms with Crippen molar-refractivity contribution in [3.8, 4) is 17.5 Å². The van der Waals surface area contributed by atoms with Gasteiger partial charge < -0.3 is 20.1 Å². The van der Waals surface area contributed by atoms with Crippen LogP contribution >= 0.6 is 0 Å². The van der Waals surface area contributed by atoms with Gasteiger partial charge >= 0.3 is 6.01 Å². The van der Waals surface area contributed by atoms with Crippen molar-refractivity contribution in [1.29, 1.82) is 0 Å². The third-order valence-electron chi connectivity index (χ3n) is 3.92. The van der Waals surface area contributed by atoms with E-state index >= 15 is 0 Å². The minimum Gasteiger partial charge on any atom is -0.508 e. The van der Waals surface area contributed by atoms with E-state index < -0.39 is 0 Å². The third-order valence-corrected chi connectivity index (χ3v) is 3.92. The highest BCUT2D eigenvalue weighted by Gasteiger charge is 2.05. The first-order chi connectivity index (χ1) is 12.8. The molecule has 26 heavy (non-hydrogen) atoms. The van der Waals surface area contributed by atoms with Crippen LogP contribution < -0.4 is 10.1 Å². The maximum Gasteiger partial charge on any atom is 0.326 e. The number of rotatable bonds is 6. The maximum absolute atomic E-state index is 9.30. The SMILES string of the molecule is Oc1ccc(CCNc2ncnc(Oc3ccc4[nH]ccc4c3)n2)cc1. The van der Waals surface area contributed by atoms with Gasteiger partial charge in [-0.2, -0.15) is 9.97 Å². The van der Waals surface area contributed by atoms with E-state index in [0.29, 0.717) is 18.2 Å². The number of phenols is 1. The average molecular weight is 347 g/mol. The molecule has 7 nitrogen and oxygen atoms in total. The number of aromatic hydroxyl groups is 1. The lowest BCUT2D eigenvalue weighted by Gasteiger charge is -2.07. The number of fused-ring (bicyclic) bond motifs is 1. The number of phenolic OH excluding ortho intramolecular Hbond substituents is 1. The fourth-order valence-corrected chi connectivity index (χ4v) is 2.60. The highest BCUT2D eigenvalue weighted by Crippen LogP contribution is 2.23. The second-order valence-electron chi connectivity index (χ2n) is 5.76. The number of aromatic nitrogens is 4. The van der Waals surface area contributed by atoms with E-state index in [9.17, 15) is 5.11 Å². The van der Waals surface area contributed by atoms with Gasteiger partial charge in [0.15, 0.2) is 0 Å². The molecule has 0 amide bonds. The van der Waals surface area contributed by atoms with Crippen molar-refractivity contribution in [2.45, 2.75) is 6.42 Å². The molecule has 4 rings (SSSR count). The lowest BCUT2D eigenvalue weighted by molar-refractivity contribution is 0.441. The van der Waals surface area contributed by atoms with Gasteiger partial charge in [-0.3, -0.25) is 0 Å². The predicted octanol–water partition coefficient (Wildman–Crippen LogP) is 3.51. The Kier molecular flexibility index (Phi) is 4.34. The van der Waals surface area contributed by atoms with E-state index in [1.54, 1.807) is 12.1 Å². The topological polar surface area (TPSA) is 96.0 Å². The summed E-state index contributed by atoms with van der Waals surface area (Å²) in [4.78, 5) is 15.6. The Bertz CT molecular complexity index is 1010. The fourth-order valence-electron chi connectivity index (χ4n) is 2.60. The monoisotopic (exact) mass is 347 g/mol. The van der Waals surface area contributed by atoms with Crippen LogP contribution in [-0.4, -0.2) is 31.6 Å². The van der Waals surface area contributed by atoms with Gasteiger partial charge in [0.2, 0.25) is 5.95 Å². The lowest BCUT2D eigenvalue weighted by Crippen LogP contribution is -2.08. The van der Waals surface area contributed by atoms with Crippen molar-refractivity contribution in [2.75, 3.05) is 11.9 Å². The number of aromatic amines is 1. The summed E-state index contributed by atoms with van der Waals surface area (Å²) < 4.78 is 5.73. The van der Waals surface area contributed by atoms with Crippen LogP contribution in [0.15, 0.2) is 61.1 Å². The normalized spacial score (nSPS) is 10.8. The summed E-state index contributed by atoms with van der Waals surface area (Å²) >= 11 is 0. The predicted molar refractivity (Wildman–Crippen MR) is 98.5 cm³/mol. The van der Waals surface area contributed by atoms with Gasteiger partial charge in [-0.1, -0.05) is 12.1 Å². The van der Waals surface area contributed by atoms with Crippen molar-refractivity contribution in [2.24, 2.45) is 0 Å². The summed E-state index contributed by atoms with van der Waals surface area (Å²) in [6.45, 7) is 0.656. The molecule has 0 saturated heterocycles. The zero-order valence-corrected chi connectivity index (χ0v) is 13.9. The van der Waals surface area contributed by atoms with Gasteiger partial charge in [-0.25, -0.2) is 4.98 Å². The van der Waals surface area contributed by atoms with E-state index in [1.807, 2.05) is 42.6 Å². The minimum absolute atomic E-state index is 0.238. The Labute approximate surface area is 149 Å². The summed E-state index contributed by atoms with van der Waals surface area (Å²) in [5, 5.41) is 13.5. The summed E-state index contributed by atoms with van der Waals surface area (Å²) in [6.07, 6.45) is 4.08. The molecule has 0 bridgehead atoms. The standard InChI is InChI=1S/C19H17N5O2/c25-15-3-1-13(2-4-15)7-9-21-18-22-12-23-19(24-18)26-16-5-6-17-14(11-16)8-10-20-17/h1-6,8,10-12,20,25H,7,9H2,(H,21,22,23,24). The Balaban J connectivity index is 1.38. The maximum atomic E-state index is 9.30. The smallest absolute Gasteiger partial charge is 0.326 e. The van der Waals surface area contributed by atoms with Crippen LogP contribution in [0.4, 0.5) is 5.95 Å². The number of anilines is 1. The number of nitrogens with zero attached hydrogens (tertiary/aromatic N) is 3. The van der Waals surface area contributed by atoms with Crippen LogP contribution in [0.2, 0.25) is 0 Å².